The van der Waals surface area contributed by atoms with Crippen molar-refractivity contribution in [2.45, 2.75) is 117 Å². The van der Waals surface area contributed by atoms with Crippen molar-refractivity contribution >= 4 is 16.5 Å². The van der Waals surface area contributed by atoms with Crippen LogP contribution in [0.4, 0.5) is 0 Å². The van der Waals surface area contributed by atoms with Gasteiger partial charge in [-0.1, -0.05) is 104 Å². The van der Waals surface area contributed by atoms with E-state index in [1.807, 2.05) is 0 Å². The van der Waals surface area contributed by atoms with Gasteiger partial charge in [0.15, 0.2) is 0 Å². The van der Waals surface area contributed by atoms with Gasteiger partial charge in [-0.15, -0.1) is 0 Å². The van der Waals surface area contributed by atoms with Crippen molar-refractivity contribution < 1.29 is 44.5 Å². The van der Waals surface area contributed by atoms with Crippen molar-refractivity contribution in [1.29, 1.82) is 0 Å². The van der Waals surface area contributed by atoms with Crippen LogP contribution in [0, 0.1) is 0 Å². The quantitative estimate of drug-likeness (QED) is 0.119. The van der Waals surface area contributed by atoms with E-state index < -0.39 is 16.5 Å². The van der Waals surface area contributed by atoms with E-state index in [2.05, 4.69) is 22.9 Å². The Kier molecular flexibility index (Phi) is 36.8. The number of hydrogen-bond donors (Lipinski definition) is 0. The molecule has 0 aromatic heterocycles. The number of rotatable bonds is 20. The first-order valence-electron chi connectivity index (χ1n) is 11.2. The van der Waals surface area contributed by atoms with Gasteiger partial charge in [-0.3, -0.25) is 0 Å². The van der Waals surface area contributed by atoms with E-state index in [1.165, 1.54) is 77.0 Å². The van der Waals surface area contributed by atoms with Crippen molar-refractivity contribution in [3.8, 4) is 0 Å². The normalized spacial score (nSPS) is 12.6. The summed E-state index contributed by atoms with van der Waals surface area (Å²) in [4.78, 5) is 20.1. The molecule has 0 saturated carbocycles. The fourth-order valence-electron chi connectivity index (χ4n) is 2.78. The molecule has 0 radical (unpaired) electrons. The van der Waals surface area contributed by atoms with Crippen LogP contribution >= 0.6 is 16.5 Å². The summed E-state index contributed by atoms with van der Waals surface area (Å²) in [7, 11) is -5.88. The molecule has 0 aromatic rings. The second-order valence-electron chi connectivity index (χ2n) is 7.15. The fourth-order valence-corrected chi connectivity index (χ4v) is 3.40. The smallest absolute Gasteiger partial charge is 0.781 e. The first-order chi connectivity index (χ1) is 13.5. The molecule has 9 heteroatoms. The molecule has 0 aliphatic rings. The molecule has 2 unspecified atom stereocenters. The monoisotopic (exact) mass is 500 g/mol. The second-order valence-corrected chi connectivity index (χ2v) is 8.72. The largest absolute Gasteiger partial charge is 2.00 e. The van der Waals surface area contributed by atoms with Crippen LogP contribution < -0.4 is 9.79 Å². The molecule has 0 rings (SSSR count). The third kappa shape index (κ3) is 39.8. The van der Waals surface area contributed by atoms with E-state index in [-0.39, 0.29) is 16.5 Å². The molecular weight excluding hydrogens is 457 g/mol. The van der Waals surface area contributed by atoms with E-state index in [0.717, 1.165) is 25.7 Å². The van der Waals surface area contributed by atoms with Gasteiger partial charge in [-0.25, -0.2) is 0 Å². The molecule has 0 N–H and O–H groups in total. The van der Waals surface area contributed by atoms with Gasteiger partial charge in [0.25, 0.3) is 0 Å². The molecule has 0 amide bonds. The molecule has 0 saturated heterocycles. The van der Waals surface area contributed by atoms with E-state index in [1.54, 1.807) is 0 Å². The minimum Gasteiger partial charge on any atom is -0.781 e. The molecule has 0 fully saturated rings. The van der Waals surface area contributed by atoms with Gasteiger partial charge in [0.2, 0.25) is 0 Å². The van der Waals surface area contributed by atoms with Crippen LogP contribution in [0.2, 0.25) is 0 Å². The molecule has 0 aromatic carbocycles. The van der Waals surface area contributed by atoms with Gasteiger partial charge in [0, 0.05) is 0 Å². The molecule has 0 bridgehead atoms. The van der Waals surface area contributed by atoms with Crippen LogP contribution in [-0.2, 0) is 34.7 Å². The van der Waals surface area contributed by atoms with E-state index in [9.17, 15) is 18.9 Å². The number of unbranched alkanes of at least 4 members (excludes halogenated alkanes) is 14. The summed E-state index contributed by atoms with van der Waals surface area (Å²) in [5, 5.41) is 0. The third-order valence-electron chi connectivity index (χ3n) is 4.44. The summed E-state index contributed by atoms with van der Waals surface area (Å²) in [5.74, 6) is 0. The summed E-state index contributed by atoms with van der Waals surface area (Å²) < 4.78 is 29.1. The van der Waals surface area contributed by atoms with E-state index in [4.69, 9.17) is 0 Å². The Hall–Kier alpha value is 0.794. The van der Waals surface area contributed by atoms with Gasteiger partial charge in [-0.05, 0) is 12.8 Å². The van der Waals surface area contributed by atoms with Gasteiger partial charge >= 0.3 is 16.5 Å². The van der Waals surface area contributed by atoms with Crippen LogP contribution in [0.25, 0.3) is 0 Å². The summed E-state index contributed by atoms with van der Waals surface area (Å²) in [6.07, 6.45) is 19.4. The van der Waals surface area contributed by atoms with Gasteiger partial charge < -0.3 is 28.0 Å². The fraction of sp³-hybridized carbons (Fsp3) is 1.00. The Morgan fingerprint density at radius 2 is 0.759 bits per heavy atom. The molecule has 0 aliphatic carbocycles. The average Bonchev–Trinajstić information content (AvgIpc) is 2.65. The van der Waals surface area contributed by atoms with E-state index in [0.29, 0.717) is 13.2 Å². The Morgan fingerprint density at radius 3 is 1.00 bits per heavy atom. The number of hydrogen-bond acceptors (Lipinski definition) is 6. The van der Waals surface area contributed by atoms with Gasteiger partial charge in [-0.2, -0.15) is 0 Å². The Morgan fingerprint density at radius 1 is 0.517 bits per heavy atom. The maximum absolute atomic E-state index is 10.1. The average molecular weight is 501 g/mol. The van der Waals surface area contributed by atoms with Crippen molar-refractivity contribution in [2.75, 3.05) is 13.2 Å². The predicted octanol–water partition coefficient (Wildman–Crippen LogP) is 5.78. The third-order valence-corrected chi connectivity index (χ3v) is 5.32. The standard InChI is InChI=1S/2C10H23O3P.Ni/c2*1-2-3-4-5-6-7-8-9-10-13-14(11)12;/h2*14H,2-10H2,1H3,(H,11,12);/q;;+2/p-2. The van der Waals surface area contributed by atoms with Crippen LogP contribution in [0.3, 0.4) is 0 Å². The Bertz CT molecular complexity index is 317. The molecule has 0 aliphatic heterocycles. The molecule has 6 nitrogen and oxygen atoms in total. The van der Waals surface area contributed by atoms with Crippen LogP contribution in [0.1, 0.15) is 117 Å². The van der Waals surface area contributed by atoms with E-state index >= 15 is 0 Å². The molecule has 0 spiro atoms. The topological polar surface area (TPSA) is 98.7 Å². The summed E-state index contributed by atoms with van der Waals surface area (Å²) >= 11 is 0. The summed E-state index contributed by atoms with van der Waals surface area (Å²) in [6, 6.07) is 0. The predicted molar refractivity (Wildman–Crippen MR) is 115 cm³/mol. The summed E-state index contributed by atoms with van der Waals surface area (Å²) in [6.45, 7) is 5.16. The molecule has 0 heterocycles. The maximum atomic E-state index is 10.1. The molecule has 2 atom stereocenters. The summed E-state index contributed by atoms with van der Waals surface area (Å²) in [5.41, 5.74) is 0. The zero-order chi connectivity index (χ0) is 21.3. The zero-order valence-corrected chi connectivity index (χ0v) is 21.5. The van der Waals surface area contributed by atoms with Crippen molar-refractivity contribution in [3.63, 3.8) is 0 Å². The van der Waals surface area contributed by atoms with Crippen LogP contribution in [0.5, 0.6) is 0 Å². The minimum absolute atomic E-state index is 0. The van der Waals surface area contributed by atoms with Crippen molar-refractivity contribution in [1.82, 2.24) is 0 Å². The maximum Gasteiger partial charge on any atom is 2.00 e. The zero-order valence-electron chi connectivity index (χ0n) is 18.5. The molecule has 180 valence electrons. The Labute approximate surface area is 190 Å². The SMILES string of the molecule is CCCCCCCCCCO[PH](=O)[O-].CCCCCCCCCCO[PH](=O)[O-].[Ni+2]. The van der Waals surface area contributed by atoms with Gasteiger partial charge in [0.1, 0.15) is 16.5 Å². The first-order valence-corrected chi connectivity index (χ1v) is 13.7. The van der Waals surface area contributed by atoms with Crippen LogP contribution in [-0.4, -0.2) is 13.2 Å². The van der Waals surface area contributed by atoms with Crippen LogP contribution in [0.15, 0.2) is 0 Å². The van der Waals surface area contributed by atoms with Gasteiger partial charge in [0.05, 0.1) is 13.2 Å². The minimum atomic E-state index is -2.94. The van der Waals surface area contributed by atoms with Crippen molar-refractivity contribution in [2.24, 2.45) is 0 Å². The second kappa shape index (κ2) is 31.0. The molecular formula is C20H44NiO6P2. The Balaban J connectivity index is -0.000000451. The molecule has 29 heavy (non-hydrogen) atoms. The van der Waals surface area contributed by atoms with Crippen molar-refractivity contribution in [3.05, 3.63) is 0 Å². The first kappa shape index (κ1) is 34.4.